The van der Waals surface area contributed by atoms with Gasteiger partial charge in [0, 0.05) is 32.0 Å². The summed E-state index contributed by atoms with van der Waals surface area (Å²) in [6.45, 7) is 4.74. The number of hydrogen-bond acceptors (Lipinski definition) is 4. The number of hydrogen-bond donors (Lipinski definition) is 2. The maximum Gasteiger partial charge on any atom is 0.228 e. The minimum absolute atomic E-state index is 0.000660. The number of rotatable bonds is 3. The largest absolute Gasteiger partial charge is 0.339 e. The third-order valence-corrected chi connectivity index (χ3v) is 3.69. The van der Waals surface area contributed by atoms with Crippen LogP contribution >= 0.6 is 0 Å². The minimum Gasteiger partial charge on any atom is -0.339 e. The van der Waals surface area contributed by atoms with Gasteiger partial charge < -0.3 is 4.90 Å². The fourth-order valence-electron chi connectivity index (χ4n) is 2.23. The van der Waals surface area contributed by atoms with Crippen molar-refractivity contribution in [1.29, 1.82) is 0 Å². The number of nitrogens with zero attached hydrogens (tertiary/aromatic N) is 2. The number of hydrazine groups is 1. The molecule has 1 amide bonds. The van der Waals surface area contributed by atoms with Crippen molar-refractivity contribution in [1.82, 2.24) is 20.7 Å². The second-order valence-corrected chi connectivity index (χ2v) is 4.83. The number of carbonyl (C=O) groups is 1. The normalized spacial score (nSPS) is 24.8. The van der Waals surface area contributed by atoms with Gasteiger partial charge in [-0.2, -0.15) is 0 Å². The smallest absolute Gasteiger partial charge is 0.228 e. The van der Waals surface area contributed by atoms with Gasteiger partial charge in [0.25, 0.3) is 0 Å². The summed E-state index contributed by atoms with van der Waals surface area (Å²) in [6, 6.07) is 4.13. The van der Waals surface area contributed by atoms with E-state index >= 15 is 0 Å². The molecular formula is C13H20N4O. The van der Waals surface area contributed by atoms with Crippen LogP contribution in [-0.2, 0) is 4.79 Å². The lowest BCUT2D eigenvalue weighted by Gasteiger charge is -2.28. The summed E-state index contributed by atoms with van der Waals surface area (Å²) < 4.78 is 0. The molecule has 0 aromatic carbocycles. The van der Waals surface area contributed by atoms with E-state index in [0.29, 0.717) is 6.54 Å². The van der Waals surface area contributed by atoms with Crippen LogP contribution in [-0.4, -0.2) is 35.4 Å². The van der Waals surface area contributed by atoms with Crippen molar-refractivity contribution in [3.63, 3.8) is 0 Å². The molecule has 3 unspecified atom stereocenters. The van der Waals surface area contributed by atoms with Gasteiger partial charge in [-0.05, 0) is 31.5 Å². The van der Waals surface area contributed by atoms with Crippen LogP contribution in [0.25, 0.3) is 0 Å². The standard InChI is InChI=1S/C13H20N4O/c1-9-12(8-15-16-9)13(18)17(3)10(2)11-4-6-14-7-5-11/h4-7,9-10,12,15-16H,8H2,1-3H3. The first-order valence-electron chi connectivity index (χ1n) is 6.26. The van der Waals surface area contributed by atoms with Gasteiger partial charge in [0.15, 0.2) is 0 Å². The molecule has 1 aromatic rings. The highest BCUT2D eigenvalue weighted by atomic mass is 16.2. The Morgan fingerprint density at radius 1 is 1.50 bits per heavy atom. The Kier molecular flexibility index (Phi) is 3.93. The first-order valence-corrected chi connectivity index (χ1v) is 6.26. The van der Waals surface area contributed by atoms with E-state index in [9.17, 15) is 4.79 Å². The maximum atomic E-state index is 12.4. The van der Waals surface area contributed by atoms with E-state index in [1.165, 1.54) is 0 Å². The number of amides is 1. The van der Waals surface area contributed by atoms with Crippen molar-refractivity contribution in [2.24, 2.45) is 5.92 Å². The van der Waals surface area contributed by atoms with Gasteiger partial charge in [-0.3, -0.25) is 20.6 Å². The van der Waals surface area contributed by atoms with Crippen LogP contribution in [0.1, 0.15) is 25.5 Å². The van der Waals surface area contributed by atoms with E-state index in [4.69, 9.17) is 0 Å². The van der Waals surface area contributed by atoms with Crippen LogP contribution < -0.4 is 10.9 Å². The summed E-state index contributed by atoms with van der Waals surface area (Å²) in [5.41, 5.74) is 7.21. The zero-order chi connectivity index (χ0) is 13.1. The first-order chi connectivity index (χ1) is 8.61. The van der Waals surface area contributed by atoms with Crippen LogP contribution in [0.15, 0.2) is 24.5 Å². The first kappa shape index (κ1) is 13.0. The SMILES string of the molecule is CC1NNCC1C(=O)N(C)C(C)c1ccncc1. The van der Waals surface area contributed by atoms with Gasteiger partial charge in [-0.15, -0.1) is 0 Å². The van der Waals surface area contributed by atoms with Crippen molar-refractivity contribution >= 4 is 5.91 Å². The molecule has 0 bridgehead atoms. The number of nitrogens with one attached hydrogen (secondary N) is 2. The summed E-state index contributed by atoms with van der Waals surface area (Å²) >= 11 is 0. The lowest BCUT2D eigenvalue weighted by molar-refractivity contribution is -0.135. The van der Waals surface area contributed by atoms with Crippen molar-refractivity contribution in [2.45, 2.75) is 25.9 Å². The summed E-state index contributed by atoms with van der Waals surface area (Å²) in [6.07, 6.45) is 3.51. The fraction of sp³-hybridized carbons (Fsp3) is 0.538. The minimum atomic E-state index is -0.000660. The zero-order valence-electron chi connectivity index (χ0n) is 11.1. The van der Waals surface area contributed by atoms with E-state index < -0.39 is 0 Å². The molecule has 0 saturated carbocycles. The quantitative estimate of drug-likeness (QED) is 0.827. The third kappa shape index (κ3) is 2.52. The average molecular weight is 248 g/mol. The molecular weight excluding hydrogens is 228 g/mol. The molecule has 2 N–H and O–H groups in total. The average Bonchev–Trinajstić information content (AvgIpc) is 2.83. The molecule has 0 spiro atoms. The van der Waals surface area contributed by atoms with Gasteiger partial charge in [-0.1, -0.05) is 0 Å². The van der Waals surface area contributed by atoms with Crippen molar-refractivity contribution in [3.8, 4) is 0 Å². The molecule has 5 nitrogen and oxygen atoms in total. The van der Waals surface area contributed by atoms with Crippen LogP contribution in [0.3, 0.4) is 0 Å². The summed E-state index contributed by atoms with van der Waals surface area (Å²) in [7, 11) is 1.86. The molecule has 1 aliphatic heterocycles. The maximum absolute atomic E-state index is 12.4. The summed E-state index contributed by atoms with van der Waals surface area (Å²) in [5, 5.41) is 0. The Balaban J connectivity index is 2.07. The van der Waals surface area contributed by atoms with E-state index in [1.54, 1.807) is 12.4 Å². The molecule has 3 atom stereocenters. The van der Waals surface area contributed by atoms with Crippen LogP contribution in [0.4, 0.5) is 0 Å². The van der Waals surface area contributed by atoms with Crippen molar-refractivity contribution < 1.29 is 4.79 Å². The number of carbonyl (C=O) groups excluding carboxylic acids is 1. The lowest BCUT2D eigenvalue weighted by atomic mass is 10.0. The summed E-state index contributed by atoms with van der Waals surface area (Å²) in [5.74, 6) is 0.170. The predicted octanol–water partition coefficient (Wildman–Crippen LogP) is 0.714. The Labute approximate surface area is 108 Å². The van der Waals surface area contributed by atoms with Gasteiger partial charge in [-0.25, -0.2) is 0 Å². The molecule has 0 radical (unpaired) electrons. The molecule has 5 heteroatoms. The highest BCUT2D eigenvalue weighted by molar-refractivity contribution is 5.80. The van der Waals surface area contributed by atoms with Crippen LogP contribution in [0, 0.1) is 5.92 Å². The van der Waals surface area contributed by atoms with E-state index in [2.05, 4.69) is 15.8 Å². The molecule has 1 saturated heterocycles. The molecule has 2 rings (SSSR count). The van der Waals surface area contributed by atoms with E-state index in [1.807, 2.05) is 37.9 Å². The lowest BCUT2D eigenvalue weighted by Crippen LogP contribution is -2.40. The highest BCUT2D eigenvalue weighted by Gasteiger charge is 2.33. The third-order valence-electron chi connectivity index (χ3n) is 3.69. The monoisotopic (exact) mass is 248 g/mol. The van der Waals surface area contributed by atoms with E-state index in [-0.39, 0.29) is 23.9 Å². The predicted molar refractivity (Wildman–Crippen MR) is 69.5 cm³/mol. The molecule has 2 heterocycles. The molecule has 1 aliphatic rings. The zero-order valence-corrected chi connectivity index (χ0v) is 11.1. The van der Waals surface area contributed by atoms with Gasteiger partial charge in [0.1, 0.15) is 0 Å². The molecule has 18 heavy (non-hydrogen) atoms. The Morgan fingerprint density at radius 3 is 2.72 bits per heavy atom. The Bertz CT molecular complexity index is 409. The topological polar surface area (TPSA) is 57.3 Å². The highest BCUT2D eigenvalue weighted by Crippen LogP contribution is 2.21. The number of aromatic nitrogens is 1. The Morgan fingerprint density at radius 2 is 2.17 bits per heavy atom. The second kappa shape index (κ2) is 5.46. The van der Waals surface area contributed by atoms with Gasteiger partial charge >= 0.3 is 0 Å². The summed E-state index contributed by atoms with van der Waals surface area (Å²) in [4.78, 5) is 18.2. The van der Waals surface area contributed by atoms with Crippen molar-refractivity contribution in [3.05, 3.63) is 30.1 Å². The molecule has 0 aliphatic carbocycles. The van der Waals surface area contributed by atoms with Crippen LogP contribution in [0.2, 0.25) is 0 Å². The second-order valence-electron chi connectivity index (χ2n) is 4.83. The van der Waals surface area contributed by atoms with Gasteiger partial charge in [0.05, 0.1) is 12.0 Å². The van der Waals surface area contributed by atoms with Crippen LogP contribution in [0.5, 0.6) is 0 Å². The van der Waals surface area contributed by atoms with Gasteiger partial charge in [0.2, 0.25) is 5.91 Å². The number of pyridine rings is 1. The molecule has 98 valence electrons. The fourth-order valence-corrected chi connectivity index (χ4v) is 2.23. The van der Waals surface area contributed by atoms with E-state index in [0.717, 1.165) is 5.56 Å². The molecule has 1 aromatic heterocycles. The van der Waals surface area contributed by atoms with Crippen molar-refractivity contribution in [2.75, 3.05) is 13.6 Å². The molecule has 1 fully saturated rings. The Hall–Kier alpha value is -1.46.